The molecular formula is C14H30O11S4. The molecule has 11 nitrogen and oxygen atoms in total. The highest BCUT2D eigenvalue weighted by atomic mass is 32.3. The number of hydrogen-bond acceptors (Lipinski definition) is 11. The molecule has 0 aliphatic heterocycles. The molecule has 0 fully saturated rings. The van der Waals surface area contributed by atoms with Crippen LogP contribution in [0.25, 0.3) is 0 Å². The van der Waals surface area contributed by atoms with Crippen LogP contribution in [-0.2, 0) is 53.6 Å². The highest BCUT2D eigenvalue weighted by Crippen LogP contribution is 2.35. The minimum Gasteiger partial charge on any atom is -0.379 e. The van der Waals surface area contributed by atoms with Gasteiger partial charge in [-0.25, -0.2) is 33.7 Å². The first kappa shape index (κ1) is 28.7. The topological polar surface area (TPSA) is 164 Å². The van der Waals surface area contributed by atoms with Crippen LogP contribution in [-0.4, -0.2) is 107 Å². The van der Waals surface area contributed by atoms with Crippen LogP contribution in [0.2, 0.25) is 0 Å². The normalized spacial score (nSPS) is 15.6. The Hall–Kier alpha value is -0.320. The minimum absolute atomic E-state index is 0.0523. The number of methoxy groups -OCH3 is 1. The van der Waals surface area contributed by atoms with Gasteiger partial charge in [-0.05, 0) is 6.42 Å². The number of sulfone groups is 4. The van der Waals surface area contributed by atoms with Crippen LogP contribution < -0.4 is 0 Å². The molecular weight excluding hydrogens is 472 g/mol. The van der Waals surface area contributed by atoms with Crippen LogP contribution >= 0.6 is 0 Å². The van der Waals surface area contributed by atoms with Crippen molar-refractivity contribution in [3.8, 4) is 0 Å². The van der Waals surface area contributed by atoms with Crippen LogP contribution in [0.15, 0.2) is 0 Å². The standard InChI is InChI=1S/C14H30O11S4/c1-7-8-24-9-12(23-2)10-25-11-14(28(5,19)20,29(6,21)22)13(26(3,15)16)27(4,17)18/h12-13H,7-11H2,1-6H3. The van der Waals surface area contributed by atoms with Crippen LogP contribution in [0.3, 0.4) is 0 Å². The lowest BCUT2D eigenvalue weighted by Gasteiger charge is -2.35. The Balaban J connectivity index is 6.31. The van der Waals surface area contributed by atoms with E-state index in [9.17, 15) is 33.7 Å². The summed E-state index contributed by atoms with van der Waals surface area (Å²) in [6.07, 6.45) is 1.85. The van der Waals surface area contributed by atoms with Gasteiger partial charge in [0.15, 0.2) is 43.9 Å². The van der Waals surface area contributed by atoms with E-state index in [1.54, 1.807) is 0 Å². The van der Waals surface area contributed by atoms with Crippen molar-refractivity contribution in [2.45, 2.75) is 28.1 Å². The molecule has 176 valence electrons. The molecule has 0 amide bonds. The minimum atomic E-state index is -4.82. The summed E-state index contributed by atoms with van der Waals surface area (Å²) in [6, 6.07) is 0. The average molecular weight is 503 g/mol. The quantitative estimate of drug-likeness (QED) is 0.258. The maximum atomic E-state index is 12.5. The number of hydrogen-bond donors (Lipinski definition) is 0. The van der Waals surface area contributed by atoms with Gasteiger partial charge in [0.25, 0.3) is 0 Å². The molecule has 1 atom stereocenters. The second kappa shape index (κ2) is 10.3. The Labute approximate surface area is 173 Å². The van der Waals surface area contributed by atoms with Crippen molar-refractivity contribution >= 4 is 39.3 Å². The monoisotopic (exact) mass is 502 g/mol. The highest BCUT2D eigenvalue weighted by Gasteiger charge is 2.64. The van der Waals surface area contributed by atoms with E-state index in [2.05, 4.69) is 0 Å². The summed E-state index contributed by atoms with van der Waals surface area (Å²) in [6.45, 7) is 0.773. The summed E-state index contributed by atoms with van der Waals surface area (Å²) >= 11 is 0. The maximum absolute atomic E-state index is 12.5. The highest BCUT2D eigenvalue weighted by molar-refractivity contribution is 8.16. The van der Waals surface area contributed by atoms with Crippen molar-refractivity contribution in [1.82, 2.24) is 0 Å². The predicted molar refractivity (Wildman–Crippen MR) is 109 cm³/mol. The summed E-state index contributed by atoms with van der Waals surface area (Å²) in [5.74, 6) is 0. The molecule has 0 radical (unpaired) electrons. The second-order valence-electron chi connectivity index (χ2n) is 6.79. The van der Waals surface area contributed by atoms with E-state index in [1.165, 1.54) is 7.11 Å². The van der Waals surface area contributed by atoms with Gasteiger partial charge in [0, 0.05) is 38.7 Å². The van der Waals surface area contributed by atoms with Gasteiger partial charge in [0.1, 0.15) is 6.10 Å². The van der Waals surface area contributed by atoms with Crippen LogP contribution in [0.5, 0.6) is 0 Å². The predicted octanol–water partition coefficient (Wildman–Crippen LogP) is -1.35. The van der Waals surface area contributed by atoms with Gasteiger partial charge in [0.05, 0.1) is 19.8 Å². The molecule has 1 unspecified atom stereocenters. The van der Waals surface area contributed by atoms with Crippen molar-refractivity contribution in [1.29, 1.82) is 0 Å². The fourth-order valence-corrected chi connectivity index (χ4v) is 14.4. The smallest absolute Gasteiger partial charge is 0.226 e. The zero-order valence-corrected chi connectivity index (χ0v) is 20.6. The summed E-state index contributed by atoms with van der Waals surface area (Å²) in [5.41, 5.74) is 0. The third kappa shape index (κ3) is 7.40. The molecule has 0 N–H and O–H groups in total. The van der Waals surface area contributed by atoms with Gasteiger partial charge in [-0.2, -0.15) is 0 Å². The van der Waals surface area contributed by atoms with Crippen molar-refractivity contribution < 1.29 is 47.9 Å². The van der Waals surface area contributed by atoms with Gasteiger partial charge in [-0.15, -0.1) is 0 Å². The number of rotatable bonds is 14. The Morgan fingerprint density at radius 1 is 0.759 bits per heavy atom. The Kier molecular flexibility index (Phi) is 10.2. The molecule has 15 heteroatoms. The Bertz CT molecular complexity index is 883. The lowest BCUT2D eigenvalue weighted by atomic mass is 10.4. The summed E-state index contributed by atoms with van der Waals surface area (Å²) in [5, 5.41) is 0. The molecule has 0 spiro atoms. The fraction of sp³-hybridized carbons (Fsp3) is 1.00. The van der Waals surface area contributed by atoms with Crippen molar-refractivity contribution in [2.24, 2.45) is 0 Å². The molecule has 0 aromatic rings. The van der Waals surface area contributed by atoms with E-state index in [-0.39, 0.29) is 13.2 Å². The second-order valence-corrected chi connectivity index (χ2v) is 16.2. The molecule has 29 heavy (non-hydrogen) atoms. The lowest BCUT2D eigenvalue weighted by molar-refractivity contribution is -0.0414. The number of ether oxygens (including phenoxy) is 3. The molecule has 0 saturated carbocycles. The van der Waals surface area contributed by atoms with Crippen molar-refractivity contribution in [3.05, 3.63) is 0 Å². The van der Waals surface area contributed by atoms with Gasteiger partial charge in [-0.3, -0.25) is 0 Å². The zero-order chi connectivity index (χ0) is 23.3. The first-order chi connectivity index (χ1) is 12.9. The van der Waals surface area contributed by atoms with Crippen LogP contribution in [0.4, 0.5) is 0 Å². The van der Waals surface area contributed by atoms with E-state index in [0.717, 1.165) is 6.42 Å². The lowest BCUT2D eigenvalue weighted by Crippen LogP contribution is -2.62. The van der Waals surface area contributed by atoms with Crippen LogP contribution in [0.1, 0.15) is 13.3 Å². The molecule has 0 aromatic carbocycles. The third-order valence-corrected chi connectivity index (χ3v) is 14.1. The van der Waals surface area contributed by atoms with Gasteiger partial charge in [0.2, 0.25) is 4.08 Å². The third-order valence-electron chi connectivity index (χ3n) is 3.98. The molecule has 0 heterocycles. The first-order valence-electron chi connectivity index (χ1n) is 8.31. The van der Waals surface area contributed by atoms with Gasteiger partial charge in [-0.1, -0.05) is 6.92 Å². The fourth-order valence-electron chi connectivity index (χ4n) is 2.75. The summed E-state index contributed by atoms with van der Waals surface area (Å²) in [4.78, 5) is 0. The summed E-state index contributed by atoms with van der Waals surface area (Å²) in [7, 11) is -17.7. The maximum Gasteiger partial charge on any atom is 0.226 e. The summed E-state index contributed by atoms with van der Waals surface area (Å²) < 4.78 is 109. The van der Waals surface area contributed by atoms with E-state index in [0.29, 0.717) is 31.6 Å². The molecule has 0 rings (SSSR count). The van der Waals surface area contributed by atoms with Crippen molar-refractivity contribution in [3.63, 3.8) is 0 Å². The molecule has 0 bridgehead atoms. The molecule has 0 saturated heterocycles. The Morgan fingerprint density at radius 3 is 1.48 bits per heavy atom. The first-order valence-corrected chi connectivity index (χ1v) is 16.0. The van der Waals surface area contributed by atoms with Gasteiger partial charge >= 0.3 is 0 Å². The SMILES string of the molecule is CCCOCC(COCC(C(S(C)(=O)=O)S(C)(=O)=O)(S(C)(=O)=O)S(C)(=O)=O)OC. The Morgan fingerprint density at radius 2 is 1.17 bits per heavy atom. The largest absolute Gasteiger partial charge is 0.379 e. The van der Waals surface area contributed by atoms with Crippen LogP contribution in [0, 0.1) is 0 Å². The van der Waals surface area contributed by atoms with Gasteiger partial charge < -0.3 is 14.2 Å². The molecule has 0 aliphatic rings. The molecule has 0 aliphatic carbocycles. The van der Waals surface area contributed by atoms with E-state index in [1.807, 2.05) is 6.92 Å². The molecule has 0 aromatic heterocycles. The van der Waals surface area contributed by atoms with E-state index in [4.69, 9.17) is 14.2 Å². The van der Waals surface area contributed by atoms with E-state index >= 15 is 0 Å². The van der Waals surface area contributed by atoms with Crippen molar-refractivity contribution in [2.75, 3.05) is 58.6 Å². The average Bonchev–Trinajstić information content (AvgIpc) is 2.47. The zero-order valence-electron chi connectivity index (χ0n) is 17.3. The van der Waals surface area contributed by atoms with E-state index < -0.39 is 60.7 Å².